The van der Waals surface area contributed by atoms with E-state index in [0.717, 1.165) is 22.9 Å². The third-order valence-electron chi connectivity index (χ3n) is 5.61. The predicted molar refractivity (Wildman–Crippen MR) is 130 cm³/mol. The summed E-state index contributed by atoms with van der Waals surface area (Å²) < 4.78 is 25.8. The standard InChI is InChI=1S/C25H26N4O3S/c1-15(2)29-24-21(14-26-29)20(13-23(27-24)19-9-7-6-8-16(19)3)25(30)28-22-12-18(33(5,31)32)11-10-17(22)4/h6-15H,1-5H3,(H,28,30). The van der Waals surface area contributed by atoms with Crippen molar-refractivity contribution in [1.29, 1.82) is 0 Å². The molecule has 0 aliphatic carbocycles. The molecule has 0 aliphatic heterocycles. The molecule has 1 amide bonds. The molecule has 2 heterocycles. The first kappa shape index (κ1) is 22.7. The fraction of sp³-hybridized carbons (Fsp3) is 0.240. The molecule has 2 aromatic heterocycles. The summed E-state index contributed by atoms with van der Waals surface area (Å²) in [6, 6.07) is 14.4. The maximum atomic E-state index is 13.5. The summed E-state index contributed by atoms with van der Waals surface area (Å²) in [6.07, 6.45) is 2.79. The van der Waals surface area contributed by atoms with Crippen LogP contribution in [-0.4, -0.2) is 35.3 Å². The number of sulfone groups is 1. The summed E-state index contributed by atoms with van der Waals surface area (Å²) in [4.78, 5) is 18.5. The van der Waals surface area contributed by atoms with Gasteiger partial charge in [0.2, 0.25) is 0 Å². The van der Waals surface area contributed by atoms with Crippen molar-refractivity contribution in [2.24, 2.45) is 0 Å². The van der Waals surface area contributed by atoms with Gasteiger partial charge in [-0.1, -0.05) is 30.3 Å². The zero-order valence-corrected chi connectivity index (χ0v) is 20.1. The van der Waals surface area contributed by atoms with Crippen molar-refractivity contribution in [3.63, 3.8) is 0 Å². The van der Waals surface area contributed by atoms with Crippen LogP contribution in [0.1, 0.15) is 41.4 Å². The van der Waals surface area contributed by atoms with Crippen LogP contribution in [0, 0.1) is 13.8 Å². The Kier molecular flexibility index (Phi) is 5.80. The molecule has 0 fully saturated rings. The molecule has 170 valence electrons. The van der Waals surface area contributed by atoms with Crippen molar-refractivity contribution in [3.05, 3.63) is 71.4 Å². The Bertz CT molecular complexity index is 1490. The predicted octanol–water partition coefficient (Wildman–Crippen LogP) is 4.95. The van der Waals surface area contributed by atoms with E-state index < -0.39 is 9.84 Å². The van der Waals surface area contributed by atoms with Crippen molar-refractivity contribution >= 4 is 32.5 Å². The number of aryl methyl sites for hydroxylation is 2. The van der Waals surface area contributed by atoms with Crippen LogP contribution in [0.5, 0.6) is 0 Å². The molecule has 0 unspecified atom stereocenters. The molecule has 0 saturated carbocycles. The van der Waals surface area contributed by atoms with Crippen molar-refractivity contribution < 1.29 is 13.2 Å². The number of hydrogen-bond acceptors (Lipinski definition) is 5. The fourth-order valence-electron chi connectivity index (χ4n) is 3.74. The van der Waals surface area contributed by atoms with Crippen LogP contribution in [0.3, 0.4) is 0 Å². The Labute approximate surface area is 193 Å². The monoisotopic (exact) mass is 462 g/mol. The summed E-state index contributed by atoms with van der Waals surface area (Å²) in [7, 11) is -3.41. The smallest absolute Gasteiger partial charge is 0.256 e. The first-order valence-corrected chi connectivity index (χ1v) is 12.5. The number of carbonyl (C=O) groups is 1. The van der Waals surface area contributed by atoms with E-state index in [1.807, 2.05) is 52.0 Å². The summed E-state index contributed by atoms with van der Waals surface area (Å²) in [5, 5.41) is 7.99. The molecule has 1 N–H and O–H groups in total. The lowest BCUT2D eigenvalue weighted by Crippen LogP contribution is -2.15. The molecule has 0 aliphatic rings. The minimum atomic E-state index is -3.41. The van der Waals surface area contributed by atoms with Gasteiger partial charge in [0.1, 0.15) is 0 Å². The van der Waals surface area contributed by atoms with E-state index in [4.69, 9.17) is 4.98 Å². The summed E-state index contributed by atoms with van der Waals surface area (Å²) in [6.45, 7) is 7.84. The van der Waals surface area contributed by atoms with Crippen molar-refractivity contribution in [2.45, 2.75) is 38.6 Å². The van der Waals surface area contributed by atoms with E-state index in [9.17, 15) is 13.2 Å². The Hall–Kier alpha value is -3.52. The normalized spacial score (nSPS) is 11.8. The van der Waals surface area contributed by atoms with Crippen LogP contribution >= 0.6 is 0 Å². The highest BCUT2D eigenvalue weighted by atomic mass is 32.2. The van der Waals surface area contributed by atoms with E-state index in [1.165, 1.54) is 12.1 Å². The minimum Gasteiger partial charge on any atom is -0.322 e. The van der Waals surface area contributed by atoms with Crippen LogP contribution < -0.4 is 5.32 Å². The largest absolute Gasteiger partial charge is 0.322 e. The highest BCUT2D eigenvalue weighted by Gasteiger charge is 2.20. The number of carbonyl (C=O) groups excluding carboxylic acids is 1. The number of amides is 1. The van der Waals surface area contributed by atoms with Gasteiger partial charge in [-0.25, -0.2) is 18.1 Å². The number of aromatic nitrogens is 3. The topological polar surface area (TPSA) is 93.9 Å². The number of nitrogens with zero attached hydrogens (tertiary/aromatic N) is 3. The zero-order valence-electron chi connectivity index (χ0n) is 19.2. The van der Waals surface area contributed by atoms with Crippen molar-refractivity contribution in [2.75, 3.05) is 11.6 Å². The summed E-state index contributed by atoms with van der Waals surface area (Å²) in [5.41, 5.74) is 4.91. The van der Waals surface area contributed by atoms with Crippen LogP contribution in [0.25, 0.3) is 22.3 Å². The van der Waals surface area contributed by atoms with E-state index in [0.29, 0.717) is 28.0 Å². The zero-order chi connectivity index (χ0) is 23.9. The molecular formula is C25H26N4O3S. The highest BCUT2D eigenvalue weighted by molar-refractivity contribution is 7.90. The molecule has 4 rings (SSSR count). The minimum absolute atomic E-state index is 0.0618. The van der Waals surface area contributed by atoms with Gasteiger partial charge in [0.05, 0.1) is 27.7 Å². The second kappa shape index (κ2) is 8.44. The lowest BCUT2D eigenvalue weighted by Gasteiger charge is -2.13. The van der Waals surface area contributed by atoms with Crippen LogP contribution in [0.2, 0.25) is 0 Å². The van der Waals surface area contributed by atoms with Gasteiger partial charge in [-0.2, -0.15) is 5.10 Å². The Morgan fingerprint density at radius 2 is 1.76 bits per heavy atom. The van der Waals surface area contributed by atoms with E-state index >= 15 is 0 Å². The van der Waals surface area contributed by atoms with Crippen LogP contribution in [0.15, 0.2) is 59.6 Å². The third kappa shape index (κ3) is 4.39. The first-order chi connectivity index (χ1) is 15.6. The van der Waals surface area contributed by atoms with Gasteiger partial charge in [-0.15, -0.1) is 0 Å². The summed E-state index contributed by atoms with van der Waals surface area (Å²) >= 11 is 0. The molecule has 2 aromatic carbocycles. The maximum Gasteiger partial charge on any atom is 0.256 e. The average Bonchev–Trinajstić information content (AvgIpc) is 3.18. The van der Waals surface area contributed by atoms with Crippen LogP contribution in [-0.2, 0) is 9.84 Å². The average molecular weight is 463 g/mol. The number of nitrogens with one attached hydrogen (secondary N) is 1. The second-order valence-electron chi connectivity index (χ2n) is 8.49. The number of fused-ring (bicyclic) bond motifs is 1. The molecule has 0 bridgehead atoms. The van der Waals surface area contributed by atoms with Gasteiger partial charge in [0.15, 0.2) is 15.5 Å². The van der Waals surface area contributed by atoms with Crippen molar-refractivity contribution in [3.8, 4) is 11.3 Å². The lowest BCUT2D eigenvalue weighted by molar-refractivity contribution is 0.102. The second-order valence-corrected chi connectivity index (χ2v) is 10.5. The quantitative estimate of drug-likeness (QED) is 0.453. The first-order valence-electron chi connectivity index (χ1n) is 10.6. The molecular weight excluding hydrogens is 436 g/mol. The van der Waals surface area contributed by atoms with E-state index in [1.54, 1.807) is 23.0 Å². The molecule has 33 heavy (non-hydrogen) atoms. The molecule has 0 saturated heterocycles. The van der Waals surface area contributed by atoms with E-state index in [2.05, 4.69) is 10.4 Å². The molecule has 4 aromatic rings. The number of pyridine rings is 1. The molecule has 0 spiro atoms. The maximum absolute atomic E-state index is 13.5. The van der Waals surface area contributed by atoms with Gasteiger partial charge in [0.25, 0.3) is 5.91 Å². The molecule has 7 nitrogen and oxygen atoms in total. The summed E-state index contributed by atoms with van der Waals surface area (Å²) in [5.74, 6) is -0.353. The van der Waals surface area contributed by atoms with Crippen LogP contribution in [0.4, 0.5) is 5.69 Å². The number of benzene rings is 2. The third-order valence-corrected chi connectivity index (χ3v) is 6.72. The molecule has 8 heteroatoms. The van der Waals surface area contributed by atoms with Gasteiger partial charge >= 0.3 is 0 Å². The number of rotatable bonds is 5. The Morgan fingerprint density at radius 3 is 2.42 bits per heavy atom. The Morgan fingerprint density at radius 1 is 1.03 bits per heavy atom. The van der Waals surface area contributed by atoms with Gasteiger partial charge in [0, 0.05) is 23.5 Å². The molecule has 0 radical (unpaired) electrons. The Balaban J connectivity index is 1.87. The van der Waals surface area contributed by atoms with Gasteiger partial charge in [-0.3, -0.25) is 4.79 Å². The molecule has 0 atom stereocenters. The van der Waals surface area contributed by atoms with Crippen molar-refractivity contribution in [1.82, 2.24) is 14.8 Å². The highest BCUT2D eigenvalue weighted by Crippen LogP contribution is 2.29. The van der Waals surface area contributed by atoms with E-state index in [-0.39, 0.29) is 16.8 Å². The lowest BCUT2D eigenvalue weighted by atomic mass is 10.0. The van der Waals surface area contributed by atoms with Gasteiger partial charge in [-0.05, 0) is 57.0 Å². The number of anilines is 1. The SMILES string of the molecule is Cc1ccc(S(C)(=O)=O)cc1NC(=O)c1cc(-c2ccccc2C)nc2c1cnn2C(C)C. The van der Waals surface area contributed by atoms with Gasteiger partial charge < -0.3 is 5.32 Å². The number of hydrogen-bond donors (Lipinski definition) is 1. The fourth-order valence-corrected chi connectivity index (χ4v) is 4.39.